The van der Waals surface area contributed by atoms with Crippen LogP contribution >= 0.6 is 0 Å². The predicted octanol–water partition coefficient (Wildman–Crippen LogP) is 5.21. The van der Waals surface area contributed by atoms with Crippen molar-refractivity contribution in [2.45, 2.75) is 49.7 Å². The second kappa shape index (κ2) is 11.4. The highest BCUT2D eigenvalue weighted by Gasteiger charge is 2.49. The number of carbonyl (C=O) groups excluding carboxylic acids is 3. The number of amides is 4. The Bertz CT molecular complexity index is 1580. The molecule has 4 amide bonds. The van der Waals surface area contributed by atoms with E-state index in [1.807, 2.05) is 30.3 Å². The van der Waals surface area contributed by atoms with E-state index in [1.165, 1.54) is 24.3 Å². The van der Waals surface area contributed by atoms with Gasteiger partial charge in [0.1, 0.15) is 11.9 Å². The van der Waals surface area contributed by atoms with Crippen LogP contribution in [0, 0.1) is 5.82 Å². The van der Waals surface area contributed by atoms with Crippen molar-refractivity contribution >= 4 is 35.4 Å². The quantitative estimate of drug-likeness (QED) is 0.300. The van der Waals surface area contributed by atoms with Crippen LogP contribution < -0.4 is 16.0 Å². The van der Waals surface area contributed by atoms with Gasteiger partial charge in [-0.05, 0) is 73.1 Å². The topological polar surface area (TPSA) is 137 Å². The molecule has 1 saturated heterocycles. The number of fused-ring (bicyclic) bond motifs is 2. The van der Waals surface area contributed by atoms with E-state index in [1.54, 1.807) is 17.0 Å². The molecule has 0 radical (unpaired) electrons. The summed E-state index contributed by atoms with van der Waals surface area (Å²) in [6.45, 7) is 0.301. The Balaban J connectivity index is 1.27. The van der Waals surface area contributed by atoms with Crippen molar-refractivity contribution in [3.63, 3.8) is 0 Å². The van der Waals surface area contributed by atoms with Crippen LogP contribution in [0.5, 0.6) is 0 Å². The van der Waals surface area contributed by atoms with Gasteiger partial charge in [0.05, 0.1) is 17.8 Å². The van der Waals surface area contributed by atoms with Crippen LogP contribution in [-0.4, -0.2) is 53.1 Å². The number of hydrogen-bond acceptors (Lipinski definition) is 5. The number of rotatable bonds is 7. The van der Waals surface area contributed by atoms with Crippen molar-refractivity contribution in [1.29, 1.82) is 0 Å². The third-order valence-electron chi connectivity index (χ3n) is 8.22. The summed E-state index contributed by atoms with van der Waals surface area (Å²) in [5, 5.41) is 16.6. The Morgan fingerprint density at radius 2 is 1.81 bits per heavy atom. The summed E-state index contributed by atoms with van der Waals surface area (Å²) in [6.07, 6.45) is 0.905. The number of likely N-dealkylation sites (tertiary alicyclic amines) is 1. The van der Waals surface area contributed by atoms with Gasteiger partial charge < -0.3 is 20.1 Å². The smallest absolute Gasteiger partial charge is 0.412 e. The lowest BCUT2D eigenvalue weighted by atomic mass is 9.81. The number of benzene rings is 3. The summed E-state index contributed by atoms with van der Waals surface area (Å²) in [5.74, 6) is -1.15. The molecule has 1 spiro atoms. The lowest BCUT2D eigenvalue weighted by Gasteiger charge is -2.46. The second-order valence-corrected chi connectivity index (χ2v) is 11.3. The first-order chi connectivity index (χ1) is 20.7. The normalized spacial score (nSPS) is 19.9. The van der Waals surface area contributed by atoms with Crippen LogP contribution in [0.2, 0.25) is 0 Å². The lowest BCUT2D eigenvalue weighted by molar-refractivity contribution is -0.141. The van der Waals surface area contributed by atoms with Gasteiger partial charge in [-0.3, -0.25) is 20.2 Å². The molecule has 3 aliphatic rings. The Labute approximate surface area is 247 Å². The molecule has 2 fully saturated rings. The summed E-state index contributed by atoms with van der Waals surface area (Å²) in [4.78, 5) is 52.5. The zero-order valence-corrected chi connectivity index (χ0v) is 23.3. The number of hydrogen-bond donors (Lipinski definition) is 4. The monoisotopic (exact) mass is 586 g/mol. The van der Waals surface area contributed by atoms with Crippen molar-refractivity contribution in [2.24, 2.45) is 0 Å². The second-order valence-electron chi connectivity index (χ2n) is 11.3. The number of ether oxygens (including phenoxy) is 1. The first-order valence-electron chi connectivity index (χ1n) is 14.3. The van der Waals surface area contributed by atoms with Gasteiger partial charge >= 0.3 is 12.2 Å². The van der Waals surface area contributed by atoms with Gasteiger partial charge in [0.15, 0.2) is 5.60 Å². The van der Waals surface area contributed by atoms with Crippen LogP contribution in [-0.2, 0) is 21.6 Å². The van der Waals surface area contributed by atoms with E-state index in [-0.39, 0.29) is 35.9 Å². The fraction of sp³-hybridized carbons (Fsp3) is 0.312. The SMILES string of the molecule is O=C(O)Nc1ccc(C(=O)N[C@@H](Cc2ccccc2)C(=O)N2CCC[C@@]3(C2)OC(=O)Nc2ccc(C4CC4)c(F)c23)cc1. The van der Waals surface area contributed by atoms with Gasteiger partial charge in [-0.25, -0.2) is 14.0 Å². The maximum absolute atomic E-state index is 16.0. The highest BCUT2D eigenvalue weighted by Crippen LogP contribution is 2.49. The Hall–Kier alpha value is -4.93. The van der Waals surface area contributed by atoms with Crippen molar-refractivity contribution in [2.75, 3.05) is 23.7 Å². The molecule has 2 aliphatic heterocycles. The molecule has 3 aromatic carbocycles. The molecule has 2 heterocycles. The van der Waals surface area contributed by atoms with Crippen molar-refractivity contribution in [3.8, 4) is 0 Å². The summed E-state index contributed by atoms with van der Waals surface area (Å²) in [5.41, 5.74) is 1.23. The molecule has 2 atom stereocenters. The fourth-order valence-electron chi connectivity index (χ4n) is 6.05. The van der Waals surface area contributed by atoms with Gasteiger partial charge in [0.2, 0.25) is 5.91 Å². The molecule has 4 N–H and O–H groups in total. The van der Waals surface area contributed by atoms with Gasteiger partial charge in [-0.1, -0.05) is 36.4 Å². The molecule has 3 aromatic rings. The molecule has 1 aliphatic carbocycles. The number of nitrogens with zero attached hydrogens (tertiary/aromatic N) is 1. The van der Waals surface area contributed by atoms with Crippen LogP contribution in [0.15, 0.2) is 66.7 Å². The number of carbonyl (C=O) groups is 4. The number of nitrogens with one attached hydrogen (secondary N) is 3. The average Bonchev–Trinajstić information content (AvgIpc) is 3.82. The predicted molar refractivity (Wildman–Crippen MR) is 155 cm³/mol. The zero-order chi connectivity index (χ0) is 30.1. The number of anilines is 2. The zero-order valence-electron chi connectivity index (χ0n) is 23.3. The van der Waals surface area contributed by atoms with Gasteiger partial charge in [0.25, 0.3) is 5.91 Å². The summed E-state index contributed by atoms with van der Waals surface area (Å²) >= 11 is 0. The Morgan fingerprint density at radius 1 is 1.07 bits per heavy atom. The lowest BCUT2D eigenvalue weighted by Crippen LogP contribution is -2.58. The van der Waals surface area contributed by atoms with E-state index in [2.05, 4.69) is 16.0 Å². The van der Waals surface area contributed by atoms with Crippen molar-refractivity contribution in [1.82, 2.24) is 10.2 Å². The molecule has 0 aromatic heterocycles. The Kier molecular flexibility index (Phi) is 7.47. The number of carboxylic acid groups (broad SMARTS) is 1. The minimum atomic E-state index is -1.35. The van der Waals surface area contributed by atoms with Crippen LogP contribution in [0.4, 0.5) is 25.4 Å². The van der Waals surface area contributed by atoms with Gasteiger partial charge in [-0.2, -0.15) is 0 Å². The first kappa shape index (κ1) is 28.2. The Morgan fingerprint density at radius 3 is 2.51 bits per heavy atom. The summed E-state index contributed by atoms with van der Waals surface area (Å²) < 4.78 is 21.8. The molecule has 222 valence electrons. The van der Waals surface area contributed by atoms with E-state index in [0.29, 0.717) is 36.3 Å². The standard InChI is InChI=1S/C32H31FN4O6/c33-27-23(20-7-8-20)13-14-24-26(27)32(43-31(42)36-24)15-4-16-37(18-32)29(39)25(17-19-5-2-1-3-6-19)35-28(38)21-9-11-22(12-10-21)34-30(40)41/h1-3,5-6,9-14,20,25,34H,4,7-8,15-18H2,(H,35,38)(H,36,42)(H,40,41)/t25-,32-/m0/s1. The van der Waals surface area contributed by atoms with E-state index >= 15 is 4.39 Å². The van der Waals surface area contributed by atoms with E-state index < -0.39 is 35.6 Å². The van der Waals surface area contributed by atoms with Crippen molar-refractivity contribution in [3.05, 3.63) is 94.8 Å². The number of piperidine rings is 1. The largest absolute Gasteiger partial charge is 0.465 e. The average molecular weight is 587 g/mol. The van der Waals surface area contributed by atoms with E-state index in [9.17, 15) is 19.2 Å². The van der Waals surface area contributed by atoms with E-state index in [4.69, 9.17) is 9.84 Å². The summed E-state index contributed by atoms with van der Waals surface area (Å²) in [6, 6.07) is 17.6. The highest BCUT2D eigenvalue weighted by molar-refractivity contribution is 5.98. The number of halogens is 1. The highest BCUT2D eigenvalue weighted by atomic mass is 19.1. The van der Waals surface area contributed by atoms with Gasteiger partial charge in [0, 0.05) is 24.2 Å². The van der Waals surface area contributed by atoms with Crippen molar-refractivity contribution < 1.29 is 33.4 Å². The molecular weight excluding hydrogens is 555 g/mol. The molecule has 6 rings (SSSR count). The third kappa shape index (κ3) is 5.88. The molecule has 43 heavy (non-hydrogen) atoms. The van der Waals surface area contributed by atoms with Crippen LogP contribution in [0.1, 0.15) is 58.6 Å². The molecule has 10 nitrogen and oxygen atoms in total. The molecule has 0 bridgehead atoms. The van der Waals surface area contributed by atoms with Crippen LogP contribution in [0.25, 0.3) is 0 Å². The van der Waals surface area contributed by atoms with Crippen LogP contribution in [0.3, 0.4) is 0 Å². The first-order valence-corrected chi connectivity index (χ1v) is 14.3. The van der Waals surface area contributed by atoms with Gasteiger partial charge in [-0.15, -0.1) is 0 Å². The summed E-state index contributed by atoms with van der Waals surface area (Å²) in [7, 11) is 0. The molecule has 1 saturated carbocycles. The molecular formula is C32H31FN4O6. The maximum atomic E-state index is 16.0. The van der Waals surface area contributed by atoms with E-state index in [0.717, 1.165) is 18.4 Å². The maximum Gasteiger partial charge on any atom is 0.412 e. The minimum Gasteiger partial charge on any atom is -0.465 e. The fourth-order valence-corrected chi connectivity index (χ4v) is 6.05. The molecule has 11 heteroatoms. The minimum absolute atomic E-state index is 0.0476. The molecule has 0 unspecified atom stereocenters. The third-order valence-corrected chi connectivity index (χ3v) is 8.22.